The van der Waals surface area contributed by atoms with Crippen molar-refractivity contribution in [1.29, 1.82) is 0 Å². The molecule has 27 heavy (non-hydrogen) atoms. The van der Waals surface area contributed by atoms with Gasteiger partial charge >= 0.3 is 18.0 Å². The van der Waals surface area contributed by atoms with Gasteiger partial charge in [-0.3, -0.25) is 0 Å². The van der Waals surface area contributed by atoms with Crippen molar-refractivity contribution in [3.05, 3.63) is 58.9 Å². The van der Waals surface area contributed by atoms with Gasteiger partial charge in [-0.1, -0.05) is 49.8 Å². The predicted molar refractivity (Wildman–Crippen MR) is 85.3 cm³/mol. The van der Waals surface area contributed by atoms with Crippen molar-refractivity contribution in [3.8, 4) is 0 Å². The van der Waals surface area contributed by atoms with Crippen LogP contribution in [0.4, 0.5) is 35.1 Å². The average Bonchev–Trinajstić information content (AvgIpc) is 2.51. The zero-order valence-electron chi connectivity index (χ0n) is 14.8. The highest BCUT2D eigenvalue weighted by Gasteiger charge is 2.74. The molecule has 0 N–H and O–H groups in total. The highest BCUT2D eigenvalue weighted by molar-refractivity contribution is 5.47. The Balaban J connectivity index is 2.84. The van der Waals surface area contributed by atoms with Gasteiger partial charge in [0.1, 0.15) is 5.82 Å². The van der Waals surface area contributed by atoms with Crippen molar-refractivity contribution >= 4 is 0 Å². The van der Waals surface area contributed by atoms with Gasteiger partial charge in [0.05, 0.1) is 0 Å². The Hall–Kier alpha value is -1.86. The van der Waals surface area contributed by atoms with Crippen molar-refractivity contribution < 1.29 is 35.1 Å². The van der Waals surface area contributed by atoms with Crippen LogP contribution in [0, 0.1) is 11.7 Å². The number of benzene rings is 1. The minimum Gasteiger partial charge on any atom is -0.218 e. The molecule has 0 nitrogen and oxygen atoms in total. The van der Waals surface area contributed by atoms with Crippen molar-refractivity contribution in [3.63, 3.8) is 0 Å². The van der Waals surface area contributed by atoms with E-state index in [0.717, 1.165) is 6.07 Å². The fourth-order valence-electron chi connectivity index (χ4n) is 3.53. The van der Waals surface area contributed by atoms with Gasteiger partial charge in [-0.15, -0.1) is 0 Å². The van der Waals surface area contributed by atoms with E-state index in [1.165, 1.54) is 25.1 Å². The molecule has 0 aromatic heterocycles. The molecule has 0 saturated carbocycles. The Bertz CT molecular complexity index is 753. The van der Waals surface area contributed by atoms with Gasteiger partial charge in [0, 0.05) is 11.0 Å². The second kappa shape index (κ2) is 6.63. The molecule has 0 fully saturated rings. The van der Waals surface area contributed by atoms with Crippen molar-refractivity contribution in [2.24, 2.45) is 5.92 Å². The zero-order valence-corrected chi connectivity index (χ0v) is 14.8. The van der Waals surface area contributed by atoms with Crippen LogP contribution in [0.1, 0.15) is 32.8 Å². The normalized spacial score (nSPS) is 21.9. The van der Waals surface area contributed by atoms with E-state index < -0.39 is 40.7 Å². The van der Waals surface area contributed by atoms with Crippen LogP contribution >= 0.6 is 0 Å². The van der Waals surface area contributed by atoms with Gasteiger partial charge in [0.15, 0.2) is 0 Å². The van der Waals surface area contributed by atoms with E-state index in [9.17, 15) is 35.1 Å². The summed E-state index contributed by atoms with van der Waals surface area (Å²) in [7, 11) is 0. The van der Waals surface area contributed by atoms with Crippen LogP contribution in [0.5, 0.6) is 0 Å². The zero-order chi connectivity index (χ0) is 20.8. The first-order valence-electron chi connectivity index (χ1n) is 8.14. The molecule has 1 aliphatic rings. The molecule has 0 saturated heterocycles. The van der Waals surface area contributed by atoms with Gasteiger partial charge in [-0.05, 0) is 30.9 Å². The van der Waals surface area contributed by atoms with Gasteiger partial charge < -0.3 is 0 Å². The number of halogens is 8. The maximum absolute atomic E-state index is 14.6. The maximum atomic E-state index is 14.6. The summed E-state index contributed by atoms with van der Waals surface area (Å²) in [6, 6.07) is 5.15. The number of alkyl halides is 7. The summed E-state index contributed by atoms with van der Waals surface area (Å²) in [5, 5.41) is 0. The summed E-state index contributed by atoms with van der Waals surface area (Å²) >= 11 is 0. The second-order valence-corrected chi connectivity index (χ2v) is 7.10. The summed E-state index contributed by atoms with van der Waals surface area (Å²) in [6.07, 6.45) is -11.3. The van der Waals surface area contributed by atoms with E-state index >= 15 is 0 Å². The largest absolute Gasteiger partial charge is 0.435 e. The van der Waals surface area contributed by atoms with E-state index in [4.69, 9.17) is 0 Å². The van der Waals surface area contributed by atoms with Crippen molar-refractivity contribution in [2.45, 2.75) is 50.6 Å². The highest BCUT2D eigenvalue weighted by atomic mass is 19.4. The molecule has 1 aromatic rings. The van der Waals surface area contributed by atoms with Crippen LogP contribution < -0.4 is 0 Å². The monoisotopic (exact) mass is 398 g/mol. The van der Waals surface area contributed by atoms with Gasteiger partial charge in [-0.25, -0.2) is 8.78 Å². The Morgan fingerprint density at radius 3 is 1.89 bits per heavy atom. The lowest BCUT2D eigenvalue weighted by atomic mass is 9.63. The first-order chi connectivity index (χ1) is 12.2. The lowest BCUT2D eigenvalue weighted by Crippen LogP contribution is -2.55. The molecule has 8 heteroatoms. The Morgan fingerprint density at radius 1 is 0.926 bits per heavy atom. The molecule has 0 aliphatic heterocycles. The van der Waals surface area contributed by atoms with E-state index in [1.54, 1.807) is 13.8 Å². The van der Waals surface area contributed by atoms with E-state index in [1.807, 2.05) is 0 Å². The maximum Gasteiger partial charge on any atom is 0.435 e. The average molecular weight is 398 g/mol. The van der Waals surface area contributed by atoms with E-state index in [-0.39, 0.29) is 17.6 Å². The smallest absolute Gasteiger partial charge is 0.218 e. The summed E-state index contributed by atoms with van der Waals surface area (Å²) < 4.78 is 108. The van der Waals surface area contributed by atoms with Gasteiger partial charge in [0.25, 0.3) is 0 Å². The molecule has 0 amide bonds. The van der Waals surface area contributed by atoms with Gasteiger partial charge in [-0.2, -0.15) is 26.3 Å². The third kappa shape index (κ3) is 3.38. The molecule has 0 spiro atoms. The van der Waals surface area contributed by atoms with Gasteiger partial charge in [0.2, 0.25) is 0 Å². The fraction of sp³-hybridized carbons (Fsp3) is 0.474. The van der Waals surface area contributed by atoms with Crippen LogP contribution in [-0.2, 0) is 5.41 Å². The van der Waals surface area contributed by atoms with Crippen molar-refractivity contribution in [1.82, 2.24) is 0 Å². The molecule has 2 rings (SSSR count). The molecule has 0 bridgehead atoms. The topological polar surface area (TPSA) is 0 Å². The minimum atomic E-state index is -6.22. The lowest BCUT2D eigenvalue weighted by molar-refractivity contribution is -0.325. The number of allylic oxidation sites excluding steroid dienone is 4. The Kier molecular flexibility index (Phi) is 5.27. The molecule has 1 unspecified atom stereocenters. The molecule has 150 valence electrons. The SMILES string of the molecule is CC1=CC(C(F)(C(F)(F)F)C(F)(F)F)=CC(c2ccccc2F)(C(C)C)C1. The van der Waals surface area contributed by atoms with Crippen LogP contribution in [0.25, 0.3) is 0 Å². The molecule has 1 aromatic carbocycles. The van der Waals surface area contributed by atoms with Crippen LogP contribution in [-0.4, -0.2) is 18.0 Å². The minimum absolute atomic E-state index is 0.0269. The van der Waals surface area contributed by atoms with Crippen molar-refractivity contribution in [2.75, 3.05) is 0 Å². The molecule has 1 aliphatic carbocycles. The van der Waals surface area contributed by atoms with E-state index in [2.05, 4.69) is 0 Å². The number of rotatable bonds is 3. The highest BCUT2D eigenvalue weighted by Crippen LogP contribution is 2.55. The Labute approximate surface area is 151 Å². The van der Waals surface area contributed by atoms with Crippen LogP contribution in [0.2, 0.25) is 0 Å². The fourth-order valence-corrected chi connectivity index (χ4v) is 3.53. The number of hydrogen-bond donors (Lipinski definition) is 0. The van der Waals surface area contributed by atoms with Crippen LogP contribution in [0.15, 0.2) is 47.6 Å². The summed E-state index contributed by atoms with van der Waals surface area (Å²) in [4.78, 5) is 0. The standard InChI is InChI=1S/C19H18F8/c1-11(2)16(14-6-4-5-7-15(14)20)9-12(3)8-13(10-16)17(21,18(22,23)24)19(25,26)27/h4-8,10-11H,9H2,1-3H3. The van der Waals surface area contributed by atoms with Crippen LogP contribution in [0.3, 0.4) is 0 Å². The third-order valence-electron chi connectivity index (χ3n) is 4.97. The second-order valence-electron chi connectivity index (χ2n) is 7.10. The van der Waals surface area contributed by atoms with E-state index in [0.29, 0.717) is 12.2 Å². The predicted octanol–water partition coefficient (Wildman–Crippen LogP) is 6.83. The molecule has 1 atom stereocenters. The quantitative estimate of drug-likeness (QED) is 0.490. The summed E-state index contributed by atoms with van der Waals surface area (Å²) in [5.74, 6) is -1.38. The molecule has 0 radical (unpaired) electrons. The summed E-state index contributed by atoms with van der Waals surface area (Å²) in [5.41, 5.74) is -8.64. The Morgan fingerprint density at radius 2 is 1.44 bits per heavy atom. The third-order valence-corrected chi connectivity index (χ3v) is 4.97. The number of hydrogen-bond acceptors (Lipinski definition) is 0. The molecular weight excluding hydrogens is 380 g/mol. The first kappa shape index (κ1) is 21.4. The first-order valence-corrected chi connectivity index (χ1v) is 8.14. The lowest BCUT2D eigenvalue weighted by Gasteiger charge is -2.42. The molecular formula is C19H18F8. The summed E-state index contributed by atoms with van der Waals surface area (Å²) in [6.45, 7) is 4.39. The molecule has 0 heterocycles.